The zero-order valence-electron chi connectivity index (χ0n) is 14.8. The van der Waals surface area contributed by atoms with E-state index in [9.17, 15) is 4.79 Å². The van der Waals surface area contributed by atoms with Crippen molar-refractivity contribution in [3.05, 3.63) is 12.2 Å². The van der Waals surface area contributed by atoms with Gasteiger partial charge in [0.05, 0.1) is 19.0 Å². The average Bonchev–Trinajstić information content (AvgIpc) is 3.01. The molecule has 24 heavy (non-hydrogen) atoms. The number of aromatic nitrogens is 3. The maximum atomic E-state index is 12.4. The second-order valence-electron chi connectivity index (χ2n) is 5.78. The highest BCUT2D eigenvalue weighted by Crippen LogP contribution is 2.23. The van der Waals surface area contributed by atoms with Gasteiger partial charge in [0, 0.05) is 32.7 Å². The molecule has 134 valence electrons. The number of anilines is 1. The van der Waals surface area contributed by atoms with E-state index in [1.165, 1.54) is 11.8 Å². The van der Waals surface area contributed by atoms with Crippen molar-refractivity contribution >= 4 is 23.6 Å². The molecule has 0 saturated carbocycles. The van der Waals surface area contributed by atoms with Gasteiger partial charge in [0.15, 0.2) is 5.16 Å². The Balaban J connectivity index is 2.00. The summed E-state index contributed by atoms with van der Waals surface area (Å²) in [7, 11) is 0. The zero-order chi connectivity index (χ0) is 17.5. The number of nitrogens with zero attached hydrogens (tertiary/aromatic N) is 5. The molecule has 1 aliphatic rings. The molecule has 1 aromatic heterocycles. The molecule has 1 aliphatic heterocycles. The lowest BCUT2D eigenvalue weighted by Gasteiger charge is -2.27. The van der Waals surface area contributed by atoms with Crippen LogP contribution in [0.4, 0.5) is 5.95 Å². The lowest BCUT2D eigenvalue weighted by molar-refractivity contribution is -0.127. The van der Waals surface area contributed by atoms with Crippen LogP contribution in [0.2, 0.25) is 0 Å². The molecule has 1 amide bonds. The Morgan fingerprint density at radius 3 is 2.62 bits per heavy atom. The van der Waals surface area contributed by atoms with Crippen LogP contribution in [0.25, 0.3) is 0 Å². The third-order valence-corrected chi connectivity index (χ3v) is 4.78. The van der Waals surface area contributed by atoms with Crippen molar-refractivity contribution < 1.29 is 9.53 Å². The maximum Gasteiger partial charge on any atom is 0.233 e. The van der Waals surface area contributed by atoms with E-state index in [0.29, 0.717) is 32.1 Å². The standard InChI is InChI=1S/C16H27N5O2S/c1-5-19(11-13(3)4)14(22)12-24-16-18-17-15(21(16)6-2)20-7-9-23-10-8-20/h3,5-12H2,1-2,4H3. The van der Waals surface area contributed by atoms with Crippen molar-refractivity contribution in [3.8, 4) is 0 Å². The van der Waals surface area contributed by atoms with E-state index >= 15 is 0 Å². The van der Waals surface area contributed by atoms with Gasteiger partial charge in [0.2, 0.25) is 11.9 Å². The molecule has 0 aliphatic carbocycles. The summed E-state index contributed by atoms with van der Waals surface area (Å²) in [5.74, 6) is 1.33. The maximum absolute atomic E-state index is 12.4. The second-order valence-corrected chi connectivity index (χ2v) is 6.72. The quantitative estimate of drug-likeness (QED) is 0.523. The first-order valence-electron chi connectivity index (χ1n) is 8.37. The van der Waals surface area contributed by atoms with Crippen molar-refractivity contribution in [1.82, 2.24) is 19.7 Å². The number of hydrogen-bond acceptors (Lipinski definition) is 6. The van der Waals surface area contributed by atoms with Gasteiger partial charge < -0.3 is 14.5 Å². The summed E-state index contributed by atoms with van der Waals surface area (Å²) in [6.45, 7) is 15.0. The third-order valence-electron chi connectivity index (χ3n) is 3.83. The normalized spacial score (nSPS) is 14.7. The molecule has 0 aromatic carbocycles. The Hall–Kier alpha value is -1.54. The SMILES string of the molecule is C=C(C)CN(CC)C(=O)CSc1nnc(N2CCOCC2)n1CC. The van der Waals surface area contributed by atoms with E-state index in [0.717, 1.165) is 36.3 Å². The molecule has 2 rings (SSSR count). The number of carbonyl (C=O) groups is 1. The summed E-state index contributed by atoms with van der Waals surface area (Å²) >= 11 is 1.45. The summed E-state index contributed by atoms with van der Waals surface area (Å²) in [5, 5.41) is 9.40. The van der Waals surface area contributed by atoms with E-state index in [1.807, 2.05) is 18.7 Å². The molecule has 1 saturated heterocycles. The highest BCUT2D eigenvalue weighted by molar-refractivity contribution is 7.99. The average molecular weight is 353 g/mol. The van der Waals surface area contributed by atoms with E-state index in [-0.39, 0.29) is 5.91 Å². The van der Waals surface area contributed by atoms with Gasteiger partial charge >= 0.3 is 0 Å². The summed E-state index contributed by atoms with van der Waals surface area (Å²) in [4.78, 5) is 16.4. The van der Waals surface area contributed by atoms with Crippen LogP contribution in [0.3, 0.4) is 0 Å². The van der Waals surface area contributed by atoms with Crippen LogP contribution in [0, 0.1) is 0 Å². The molecule has 0 atom stereocenters. The largest absolute Gasteiger partial charge is 0.378 e. The smallest absolute Gasteiger partial charge is 0.233 e. The summed E-state index contributed by atoms with van der Waals surface area (Å²) in [5.41, 5.74) is 0.988. The molecule has 0 radical (unpaired) electrons. The number of carbonyl (C=O) groups excluding carboxylic acids is 1. The summed E-state index contributed by atoms with van der Waals surface area (Å²) in [6, 6.07) is 0. The van der Waals surface area contributed by atoms with Gasteiger partial charge in [-0.1, -0.05) is 23.9 Å². The Kier molecular flexibility index (Phi) is 7.11. The second kappa shape index (κ2) is 9.08. The minimum Gasteiger partial charge on any atom is -0.378 e. The number of rotatable bonds is 8. The van der Waals surface area contributed by atoms with Gasteiger partial charge in [-0.2, -0.15) is 0 Å². The number of likely N-dealkylation sites (N-methyl/N-ethyl adjacent to an activating group) is 1. The summed E-state index contributed by atoms with van der Waals surface area (Å²) in [6.07, 6.45) is 0. The molecular weight excluding hydrogens is 326 g/mol. The Bertz CT molecular complexity index is 569. The van der Waals surface area contributed by atoms with Crippen LogP contribution in [-0.4, -0.2) is 70.7 Å². The fraction of sp³-hybridized carbons (Fsp3) is 0.688. The van der Waals surface area contributed by atoms with Crippen LogP contribution in [-0.2, 0) is 16.1 Å². The monoisotopic (exact) mass is 353 g/mol. The lowest BCUT2D eigenvalue weighted by atomic mass is 10.3. The first-order valence-corrected chi connectivity index (χ1v) is 9.36. The highest BCUT2D eigenvalue weighted by atomic mass is 32.2. The first-order chi connectivity index (χ1) is 11.6. The van der Waals surface area contributed by atoms with E-state index in [2.05, 4.69) is 33.2 Å². The first kappa shape index (κ1) is 18.8. The minimum absolute atomic E-state index is 0.101. The van der Waals surface area contributed by atoms with Crippen molar-refractivity contribution in [2.45, 2.75) is 32.5 Å². The van der Waals surface area contributed by atoms with Crippen LogP contribution in [0.1, 0.15) is 20.8 Å². The number of hydrogen-bond donors (Lipinski definition) is 0. The van der Waals surface area contributed by atoms with Crippen LogP contribution in [0.5, 0.6) is 0 Å². The molecule has 0 unspecified atom stereocenters. The van der Waals surface area contributed by atoms with E-state index < -0.39 is 0 Å². The zero-order valence-corrected chi connectivity index (χ0v) is 15.6. The third kappa shape index (κ3) is 4.73. The Morgan fingerprint density at radius 1 is 1.33 bits per heavy atom. The fourth-order valence-corrected chi connectivity index (χ4v) is 3.48. The molecule has 1 aromatic rings. The Labute approximate surface area is 148 Å². The van der Waals surface area contributed by atoms with Gasteiger partial charge in [0.25, 0.3) is 0 Å². The molecule has 0 N–H and O–H groups in total. The van der Waals surface area contributed by atoms with Gasteiger partial charge in [-0.15, -0.1) is 10.2 Å². The van der Waals surface area contributed by atoms with Gasteiger partial charge in [0.1, 0.15) is 0 Å². The van der Waals surface area contributed by atoms with Crippen molar-refractivity contribution in [2.24, 2.45) is 0 Å². The molecule has 0 spiro atoms. The number of thioether (sulfide) groups is 1. The number of morpholine rings is 1. The molecule has 0 bridgehead atoms. The van der Waals surface area contributed by atoms with E-state index in [1.54, 1.807) is 0 Å². The van der Waals surface area contributed by atoms with Crippen LogP contribution >= 0.6 is 11.8 Å². The van der Waals surface area contributed by atoms with Gasteiger partial charge in [-0.05, 0) is 20.8 Å². The van der Waals surface area contributed by atoms with Crippen molar-refractivity contribution in [3.63, 3.8) is 0 Å². The van der Waals surface area contributed by atoms with E-state index in [4.69, 9.17) is 4.74 Å². The minimum atomic E-state index is 0.101. The Morgan fingerprint density at radius 2 is 2.04 bits per heavy atom. The molecular formula is C16H27N5O2S. The van der Waals surface area contributed by atoms with Crippen molar-refractivity contribution in [1.29, 1.82) is 0 Å². The molecule has 7 nitrogen and oxygen atoms in total. The number of ether oxygens (including phenoxy) is 1. The predicted molar refractivity (Wildman–Crippen MR) is 96.5 cm³/mol. The van der Waals surface area contributed by atoms with Gasteiger partial charge in [-0.25, -0.2) is 0 Å². The van der Waals surface area contributed by atoms with Gasteiger partial charge in [-0.3, -0.25) is 9.36 Å². The predicted octanol–water partition coefficient (Wildman–Crippen LogP) is 1.65. The molecule has 8 heteroatoms. The molecule has 2 heterocycles. The van der Waals surface area contributed by atoms with Crippen molar-refractivity contribution in [2.75, 3.05) is 50.0 Å². The number of amides is 1. The van der Waals surface area contributed by atoms with Crippen LogP contribution in [0.15, 0.2) is 17.3 Å². The topological polar surface area (TPSA) is 63.5 Å². The summed E-state index contributed by atoms with van der Waals surface area (Å²) < 4.78 is 7.46. The molecule has 1 fully saturated rings. The fourth-order valence-electron chi connectivity index (χ4n) is 2.58. The lowest BCUT2D eigenvalue weighted by Crippen LogP contribution is -2.38. The van der Waals surface area contributed by atoms with Crippen LogP contribution < -0.4 is 4.90 Å². The highest BCUT2D eigenvalue weighted by Gasteiger charge is 2.21.